The van der Waals surface area contributed by atoms with Crippen LogP contribution >= 0.6 is 27.7 Å². The lowest BCUT2D eigenvalue weighted by atomic mass is 10.1. The third-order valence-corrected chi connectivity index (χ3v) is 4.17. The summed E-state index contributed by atoms with van der Waals surface area (Å²) in [5.41, 5.74) is 2.00. The lowest BCUT2D eigenvalue weighted by Gasteiger charge is -2.05. The van der Waals surface area contributed by atoms with Gasteiger partial charge in [-0.15, -0.1) is 0 Å². The zero-order valence-electron chi connectivity index (χ0n) is 11.5. The van der Waals surface area contributed by atoms with E-state index in [4.69, 9.17) is 5.21 Å². The predicted octanol–water partition coefficient (Wildman–Crippen LogP) is 2.78. The topological polar surface area (TPSA) is 77.5 Å². The molecule has 5 nitrogen and oxygen atoms in total. The molecule has 1 amide bonds. The molecule has 0 saturated heterocycles. The number of nitrogens with one attached hydrogen (secondary N) is 2. The average molecular weight is 370 g/mol. The first kappa shape index (κ1) is 15.9. The molecule has 2 rings (SSSR count). The summed E-state index contributed by atoms with van der Waals surface area (Å²) in [5.74, 6) is 0.487. The van der Waals surface area contributed by atoms with Gasteiger partial charge in [-0.25, -0.2) is 0 Å². The number of oxime groups is 1. The van der Waals surface area contributed by atoms with Crippen LogP contribution < -0.4 is 5.32 Å². The minimum Gasteiger partial charge on any atom is -0.410 e. The molecule has 3 N–H and O–H groups in total. The van der Waals surface area contributed by atoms with Gasteiger partial charge in [-0.3, -0.25) is 4.79 Å². The van der Waals surface area contributed by atoms with Crippen molar-refractivity contribution in [3.63, 3.8) is 0 Å². The van der Waals surface area contributed by atoms with Crippen LogP contribution in [0.15, 0.2) is 34.0 Å². The first-order chi connectivity index (χ1) is 10.2. The van der Waals surface area contributed by atoms with E-state index in [-0.39, 0.29) is 18.0 Å². The van der Waals surface area contributed by atoms with Crippen molar-refractivity contribution in [1.29, 1.82) is 0 Å². The second kappa shape index (κ2) is 7.51. The van der Waals surface area contributed by atoms with E-state index in [0.717, 1.165) is 26.7 Å². The molecule has 0 radical (unpaired) electrons. The van der Waals surface area contributed by atoms with E-state index < -0.39 is 0 Å². The van der Waals surface area contributed by atoms with Crippen LogP contribution in [0.2, 0.25) is 0 Å². The van der Waals surface area contributed by atoms with E-state index in [1.165, 1.54) is 0 Å². The Hall–Kier alpha value is -1.47. The summed E-state index contributed by atoms with van der Waals surface area (Å²) in [7, 11) is 0. The van der Waals surface area contributed by atoms with Crippen molar-refractivity contribution in [3.05, 3.63) is 34.4 Å². The molecule has 1 heterocycles. The molecular weight excluding hydrogens is 354 g/mol. The van der Waals surface area contributed by atoms with Crippen LogP contribution in [0.1, 0.15) is 5.56 Å². The maximum absolute atomic E-state index is 11.9. The molecule has 21 heavy (non-hydrogen) atoms. The fourth-order valence-electron chi connectivity index (χ4n) is 2.01. The first-order valence-electron chi connectivity index (χ1n) is 6.39. The number of fused-ring (bicyclic) bond motifs is 1. The van der Waals surface area contributed by atoms with Crippen LogP contribution in [0.25, 0.3) is 10.9 Å². The minimum absolute atomic E-state index is 0.108. The summed E-state index contributed by atoms with van der Waals surface area (Å²) < 4.78 is 0.961. The number of thioether (sulfide) groups is 1. The number of halogens is 1. The van der Waals surface area contributed by atoms with Crippen LogP contribution in [0.4, 0.5) is 0 Å². The number of rotatable bonds is 6. The van der Waals surface area contributed by atoms with Gasteiger partial charge in [0.2, 0.25) is 0 Å². The summed E-state index contributed by atoms with van der Waals surface area (Å²) in [6.07, 6.45) is 4.08. The second-order valence-corrected chi connectivity index (χ2v) is 6.38. The lowest BCUT2D eigenvalue weighted by molar-refractivity contribution is -0.114. The number of hydrogen-bond acceptors (Lipinski definition) is 4. The monoisotopic (exact) mass is 369 g/mol. The van der Waals surface area contributed by atoms with Gasteiger partial charge in [-0.05, 0) is 30.0 Å². The zero-order chi connectivity index (χ0) is 15.2. The van der Waals surface area contributed by atoms with Crippen molar-refractivity contribution in [3.8, 4) is 0 Å². The molecule has 0 bridgehead atoms. The van der Waals surface area contributed by atoms with Crippen LogP contribution in [0.5, 0.6) is 0 Å². The van der Waals surface area contributed by atoms with Crippen molar-refractivity contribution >= 4 is 50.2 Å². The van der Waals surface area contributed by atoms with E-state index in [1.807, 2.05) is 30.7 Å². The third kappa shape index (κ3) is 4.01. The molecule has 0 unspecified atom stereocenters. The van der Waals surface area contributed by atoms with Crippen molar-refractivity contribution in [2.24, 2.45) is 5.16 Å². The number of hydrogen-bond donors (Lipinski definition) is 3. The van der Waals surface area contributed by atoms with Crippen LogP contribution in [-0.4, -0.2) is 40.4 Å². The number of amides is 1. The molecule has 0 spiro atoms. The Morgan fingerprint density at radius 2 is 2.33 bits per heavy atom. The highest BCUT2D eigenvalue weighted by Gasteiger charge is 2.15. The fourth-order valence-corrected chi connectivity index (χ4v) is 2.67. The number of carbonyl (C=O) groups excluding carboxylic acids is 1. The number of carbonyl (C=O) groups is 1. The zero-order valence-corrected chi connectivity index (χ0v) is 13.9. The summed E-state index contributed by atoms with van der Waals surface area (Å²) in [4.78, 5) is 15.1. The summed E-state index contributed by atoms with van der Waals surface area (Å²) in [5, 5.41) is 16.0. The Labute approximate surface area is 135 Å². The second-order valence-electron chi connectivity index (χ2n) is 4.48. The van der Waals surface area contributed by atoms with Gasteiger partial charge in [-0.1, -0.05) is 21.1 Å². The number of aromatic nitrogens is 1. The first-order valence-corrected chi connectivity index (χ1v) is 8.58. The molecule has 1 aromatic carbocycles. The molecular formula is C14H16BrN3O2S. The quantitative estimate of drug-likeness (QED) is 0.317. The van der Waals surface area contributed by atoms with Gasteiger partial charge in [-0.2, -0.15) is 11.8 Å². The lowest BCUT2D eigenvalue weighted by Crippen LogP contribution is -2.33. The molecule has 0 atom stereocenters. The van der Waals surface area contributed by atoms with Gasteiger partial charge in [0.15, 0.2) is 0 Å². The highest BCUT2D eigenvalue weighted by atomic mass is 79.9. The van der Waals surface area contributed by atoms with Gasteiger partial charge >= 0.3 is 0 Å². The van der Waals surface area contributed by atoms with Crippen molar-refractivity contribution < 1.29 is 10.0 Å². The normalized spacial score (nSPS) is 11.8. The molecule has 0 saturated carbocycles. The Balaban J connectivity index is 2.14. The van der Waals surface area contributed by atoms with E-state index in [0.29, 0.717) is 6.54 Å². The van der Waals surface area contributed by atoms with Crippen molar-refractivity contribution in [2.75, 3.05) is 18.6 Å². The minimum atomic E-state index is -0.337. The Bertz CT molecular complexity index is 669. The SMILES string of the molecule is CSCCNC(=O)/C(Cc1c[nH]c2ccc(Br)cc12)=N\O. The highest BCUT2D eigenvalue weighted by Crippen LogP contribution is 2.23. The summed E-state index contributed by atoms with van der Waals surface area (Å²) in [6, 6.07) is 5.87. The van der Waals surface area contributed by atoms with Crippen LogP contribution in [-0.2, 0) is 11.2 Å². The van der Waals surface area contributed by atoms with Gasteiger partial charge in [0.1, 0.15) is 5.71 Å². The molecule has 0 aliphatic heterocycles. The van der Waals surface area contributed by atoms with E-state index >= 15 is 0 Å². The average Bonchev–Trinajstić information content (AvgIpc) is 2.87. The van der Waals surface area contributed by atoms with E-state index in [2.05, 4.69) is 31.4 Å². The fraction of sp³-hybridized carbons (Fsp3) is 0.286. The van der Waals surface area contributed by atoms with Crippen LogP contribution in [0, 0.1) is 0 Å². The molecule has 1 aromatic heterocycles. The molecule has 2 aromatic rings. The Morgan fingerprint density at radius 1 is 1.52 bits per heavy atom. The smallest absolute Gasteiger partial charge is 0.269 e. The van der Waals surface area contributed by atoms with Gasteiger partial charge in [0, 0.05) is 40.3 Å². The highest BCUT2D eigenvalue weighted by molar-refractivity contribution is 9.10. The number of benzene rings is 1. The molecule has 0 aliphatic carbocycles. The van der Waals surface area contributed by atoms with Crippen molar-refractivity contribution in [1.82, 2.24) is 10.3 Å². The van der Waals surface area contributed by atoms with Crippen LogP contribution in [0.3, 0.4) is 0 Å². The molecule has 0 aliphatic rings. The van der Waals surface area contributed by atoms with E-state index in [9.17, 15) is 4.79 Å². The Morgan fingerprint density at radius 3 is 3.05 bits per heavy atom. The maximum Gasteiger partial charge on any atom is 0.269 e. The standard InChI is InChI=1S/C14H16BrN3O2S/c1-21-5-4-16-14(19)13(18-20)6-9-8-17-12-3-2-10(15)7-11(9)12/h2-3,7-8,17,20H,4-6H2,1H3,(H,16,19)/b18-13-. The molecule has 112 valence electrons. The largest absolute Gasteiger partial charge is 0.410 e. The molecule has 7 heteroatoms. The molecule has 0 fully saturated rings. The predicted molar refractivity (Wildman–Crippen MR) is 90.3 cm³/mol. The maximum atomic E-state index is 11.9. The number of H-pyrrole nitrogens is 1. The van der Waals surface area contributed by atoms with Gasteiger partial charge in [0.25, 0.3) is 5.91 Å². The van der Waals surface area contributed by atoms with Gasteiger partial charge in [0.05, 0.1) is 0 Å². The Kier molecular flexibility index (Phi) is 5.69. The number of nitrogens with zero attached hydrogens (tertiary/aromatic N) is 1. The van der Waals surface area contributed by atoms with Crippen molar-refractivity contribution in [2.45, 2.75) is 6.42 Å². The summed E-state index contributed by atoms with van der Waals surface area (Å²) in [6.45, 7) is 0.554. The van der Waals surface area contributed by atoms with Gasteiger partial charge < -0.3 is 15.5 Å². The number of aromatic amines is 1. The summed E-state index contributed by atoms with van der Waals surface area (Å²) >= 11 is 5.07. The van der Waals surface area contributed by atoms with E-state index in [1.54, 1.807) is 11.8 Å². The third-order valence-electron chi connectivity index (χ3n) is 3.06.